The van der Waals surface area contributed by atoms with Crippen LogP contribution in [0.2, 0.25) is 10.0 Å². The highest BCUT2D eigenvalue weighted by Gasteiger charge is 2.29. The molecule has 0 bridgehead atoms. The number of amides is 1. The van der Waals surface area contributed by atoms with Crippen molar-refractivity contribution in [2.24, 2.45) is 0 Å². The van der Waals surface area contributed by atoms with Crippen molar-refractivity contribution >= 4 is 44.8 Å². The molecule has 1 amide bonds. The van der Waals surface area contributed by atoms with E-state index in [1.807, 2.05) is 25.1 Å². The third kappa shape index (κ3) is 6.40. The Morgan fingerprint density at radius 3 is 2.36 bits per heavy atom. The van der Waals surface area contributed by atoms with E-state index in [2.05, 4.69) is 11.4 Å². The predicted molar refractivity (Wildman–Crippen MR) is 116 cm³/mol. The number of benzene rings is 2. The van der Waals surface area contributed by atoms with Crippen LogP contribution in [0.15, 0.2) is 42.5 Å². The Kier molecular flexibility index (Phi) is 7.75. The van der Waals surface area contributed by atoms with Crippen LogP contribution >= 0.6 is 23.2 Å². The summed E-state index contributed by atoms with van der Waals surface area (Å²) in [5.74, 6) is -0.384. The van der Waals surface area contributed by atoms with Crippen LogP contribution < -0.4 is 9.62 Å². The molecular weight excluding hydrogens is 419 g/mol. The summed E-state index contributed by atoms with van der Waals surface area (Å²) in [6.07, 6.45) is 2.63. The van der Waals surface area contributed by atoms with Crippen molar-refractivity contribution < 1.29 is 13.2 Å². The van der Waals surface area contributed by atoms with Crippen LogP contribution in [0.4, 0.5) is 5.69 Å². The Labute approximate surface area is 176 Å². The van der Waals surface area contributed by atoms with Crippen LogP contribution in [0.3, 0.4) is 0 Å². The molecule has 0 aliphatic rings. The van der Waals surface area contributed by atoms with Gasteiger partial charge in [-0.15, -0.1) is 0 Å². The van der Waals surface area contributed by atoms with Gasteiger partial charge in [-0.3, -0.25) is 9.10 Å². The second-order valence-electron chi connectivity index (χ2n) is 6.75. The van der Waals surface area contributed by atoms with Crippen molar-refractivity contribution in [1.82, 2.24) is 5.32 Å². The van der Waals surface area contributed by atoms with Gasteiger partial charge in [-0.2, -0.15) is 0 Å². The second kappa shape index (κ2) is 9.63. The summed E-state index contributed by atoms with van der Waals surface area (Å²) in [5, 5.41) is 3.39. The highest BCUT2D eigenvalue weighted by molar-refractivity contribution is 7.92. The van der Waals surface area contributed by atoms with Gasteiger partial charge in [-0.05, 0) is 50.5 Å². The lowest BCUT2D eigenvalue weighted by molar-refractivity contribution is -0.121. The number of nitrogens with zero attached hydrogens (tertiary/aromatic N) is 1. The Balaban J connectivity index is 2.03. The van der Waals surface area contributed by atoms with E-state index in [0.717, 1.165) is 23.4 Å². The summed E-state index contributed by atoms with van der Waals surface area (Å²) in [6.45, 7) is 4.02. The fourth-order valence-corrected chi connectivity index (χ4v) is 4.67. The molecule has 0 radical (unpaired) electrons. The first-order valence-electron chi connectivity index (χ1n) is 8.86. The number of carbonyl (C=O) groups is 1. The molecule has 2 aromatic rings. The topological polar surface area (TPSA) is 66.5 Å². The normalized spacial score (nSPS) is 12.5. The number of halogens is 2. The molecule has 0 saturated carbocycles. The minimum atomic E-state index is -3.72. The minimum Gasteiger partial charge on any atom is -0.354 e. The molecule has 0 fully saturated rings. The molecule has 1 atom stereocenters. The third-order valence-corrected chi connectivity index (χ3v) is 5.89. The minimum absolute atomic E-state index is 0.252. The molecule has 0 aromatic heterocycles. The lowest BCUT2D eigenvalue weighted by Crippen LogP contribution is -2.48. The largest absolute Gasteiger partial charge is 0.354 e. The van der Waals surface area contributed by atoms with Crippen molar-refractivity contribution in [3.8, 4) is 0 Å². The maximum absolute atomic E-state index is 12.6. The molecule has 2 aromatic carbocycles. The lowest BCUT2D eigenvalue weighted by atomic mass is 10.1. The molecule has 0 aliphatic carbocycles. The van der Waals surface area contributed by atoms with Crippen LogP contribution in [0, 0.1) is 6.92 Å². The number of hydrogen-bond donors (Lipinski definition) is 1. The molecular formula is C20H24Cl2N2O3S. The van der Waals surface area contributed by atoms with Gasteiger partial charge in [-0.1, -0.05) is 53.0 Å². The van der Waals surface area contributed by atoms with E-state index < -0.39 is 16.1 Å². The number of carbonyl (C=O) groups excluding carboxylic acids is 1. The SMILES string of the molecule is Cc1cccc(CCCNC(=O)C(C)N(c2cc(Cl)cc(Cl)c2)S(C)(=O)=O)c1. The number of nitrogens with one attached hydrogen (secondary N) is 1. The first-order chi connectivity index (χ1) is 13.1. The van der Waals surface area contributed by atoms with Gasteiger partial charge in [0, 0.05) is 16.6 Å². The van der Waals surface area contributed by atoms with Crippen molar-refractivity contribution in [3.05, 3.63) is 63.6 Å². The van der Waals surface area contributed by atoms with Crippen LogP contribution in [-0.2, 0) is 21.2 Å². The van der Waals surface area contributed by atoms with Gasteiger partial charge >= 0.3 is 0 Å². The molecule has 5 nitrogen and oxygen atoms in total. The van der Waals surface area contributed by atoms with E-state index >= 15 is 0 Å². The van der Waals surface area contributed by atoms with Gasteiger partial charge < -0.3 is 5.32 Å². The molecule has 8 heteroatoms. The molecule has 0 saturated heterocycles. The molecule has 152 valence electrons. The summed E-state index contributed by atoms with van der Waals surface area (Å²) >= 11 is 12.0. The number of aryl methyl sites for hydroxylation is 2. The van der Waals surface area contributed by atoms with Crippen molar-refractivity contribution in [1.29, 1.82) is 0 Å². The van der Waals surface area contributed by atoms with E-state index in [0.29, 0.717) is 16.6 Å². The van der Waals surface area contributed by atoms with Gasteiger partial charge in [0.05, 0.1) is 11.9 Å². The molecule has 0 heterocycles. The van der Waals surface area contributed by atoms with Crippen molar-refractivity contribution in [2.75, 3.05) is 17.1 Å². The highest BCUT2D eigenvalue weighted by atomic mass is 35.5. The fraction of sp³-hybridized carbons (Fsp3) is 0.350. The van der Waals surface area contributed by atoms with Crippen molar-refractivity contribution in [2.45, 2.75) is 32.7 Å². The van der Waals surface area contributed by atoms with Gasteiger partial charge in [-0.25, -0.2) is 8.42 Å². The summed E-state index contributed by atoms with van der Waals surface area (Å²) in [6, 6.07) is 11.7. The summed E-state index contributed by atoms with van der Waals surface area (Å²) in [4.78, 5) is 12.6. The number of anilines is 1. The van der Waals surface area contributed by atoms with E-state index in [9.17, 15) is 13.2 Å². The van der Waals surface area contributed by atoms with E-state index in [4.69, 9.17) is 23.2 Å². The lowest BCUT2D eigenvalue weighted by Gasteiger charge is -2.28. The predicted octanol–water partition coefficient (Wildman–Crippen LogP) is 4.21. The van der Waals surface area contributed by atoms with Gasteiger partial charge in [0.1, 0.15) is 6.04 Å². The Morgan fingerprint density at radius 2 is 1.79 bits per heavy atom. The van der Waals surface area contributed by atoms with Gasteiger partial charge in [0.25, 0.3) is 0 Å². The Morgan fingerprint density at radius 1 is 1.14 bits per heavy atom. The standard InChI is InChI=1S/C20H24Cl2N2O3S/c1-14-6-4-7-16(10-14)8-5-9-23-20(25)15(2)24(28(3,26)27)19-12-17(21)11-18(22)13-19/h4,6-7,10-13,15H,5,8-9H2,1-3H3,(H,23,25). The Hall–Kier alpha value is -1.76. The third-order valence-electron chi connectivity index (χ3n) is 4.21. The van der Waals surface area contributed by atoms with Crippen molar-refractivity contribution in [3.63, 3.8) is 0 Å². The summed E-state index contributed by atoms with van der Waals surface area (Å²) < 4.78 is 25.6. The molecule has 2 rings (SSSR count). The first-order valence-corrected chi connectivity index (χ1v) is 11.5. The second-order valence-corrected chi connectivity index (χ2v) is 9.48. The fourth-order valence-electron chi connectivity index (χ4n) is 2.99. The Bertz CT molecular complexity index is 928. The summed E-state index contributed by atoms with van der Waals surface area (Å²) in [5.41, 5.74) is 2.65. The molecule has 0 spiro atoms. The zero-order valence-electron chi connectivity index (χ0n) is 16.1. The van der Waals surface area contributed by atoms with E-state index in [1.165, 1.54) is 36.2 Å². The maximum atomic E-state index is 12.6. The molecule has 1 unspecified atom stereocenters. The van der Waals surface area contributed by atoms with Crippen LogP contribution in [0.5, 0.6) is 0 Å². The zero-order valence-corrected chi connectivity index (χ0v) is 18.4. The smallest absolute Gasteiger partial charge is 0.243 e. The molecule has 0 aliphatic heterocycles. The monoisotopic (exact) mass is 442 g/mol. The van der Waals surface area contributed by atoms with E-state index in [-0.39, 0.29) is 11.6 Å². The van der Waals surface area contributed by atoms with Crippen LogP contribution in [-0.4, -0.2) is 33.2 Å². The number of hydrogen-bond acceptors (Lipinski definition) is 3. The number of sulfonamides is 1. The van der Waals surface area contributed by atoms with Crippen LogP contribution in [0.1, 0.15) is 24.5 Å². The highest BCUT2D eigenvalue weighted by Crippen LogP contribution is 2.28. The zero-order chi connectivity index (χ0) is 20.9. The molecule has 28 heavy (non-hydrogen) atoms. The average molecular weight is 443 g/mol. The average Bonchev–Trinajstić information content (AvgIpc) is 2.56. The maximum Gasteiger partial charge on any atom is 0.243 e. The summed E-state index contributed by atoms with van der Waals surface area (Å²) in [7, 11) is -3.72. The van der Waals surface area contributed by atoms with Gasteiger partial charge in [0.15, 0.2) is 0 Å². The van der Waals surface area contributed by atoms with Crippen LogP contribution in [0.25, 0.3) is 0 Å². The number of rotatable bonds is 8. The van der Waals surface area contributed by atoms with Gasteiger partial charge in [0.2, 0.25) is 15.9 Å². The first kappa shape index (κ1) is 22.5. The van der Waals surface area contributed by atoms with E-state index in [1.54, 1.807) is 0 Å². The quantitative estimate of drug-likeness (QED) is 0.622. The molecule has 1 N–H and O–H groups in total.